The van der Waals surface area contributed by atoms with E-state index in [1.165, 1.54) is 11.1 Å². The number of carboxylic acid groups (broad SMARTS) is 1. The predicted molar refractivity (Wildman–Crippen MR) is 56.7 cm³/mol. The number of hydrogen-bond donors (Lipinski definition) is 2. The SMILES string of the molecule is Cc1cccc(NCCC(=O)O)c1C. The fourth-order valence-corrected chi connectivity index (χ4v) is 1.25. The van der Waals surface area contributed by atoms with Crippen LogP contribution in [0.4, 0.5) is 5.69 Å². The van der Waals surface area contributed by atoms with Gasteiger partial charge in [0.05, 0.1) is 6.42 Å². The van der Waals surface area contributed by atoms with E-state index in [0.29, 0.717) is 6.54 Å². The van der Waals surface area contributed by atoms with Crippen molar-refractivity contribution >= 4 is 11.7 Å². The number of carboxylic acids is 1. The third-order valence-corrected chi connectivity index (χ3v) is 2.26. The van der Waals surface area contributed by atoms with Gasteiger partial charge in [-0.05, 0) is 31.0 Å². The van der Waals surface area contributed by atoms with Crippen molar-refractivity contribution in [2.24, 2.45) is 0 Å². The van der Waals surface area contributed by atoms with Crippen LogP contribution in [0.2, 0.25) is 0 Å². The molecule has 2 N–H and O–H groups in total. The van der Waals surface area contributed by atoms with Crippen LogP contribution in [0.25, 0.3) is 0 Å². The molecule has 0 bridgehead atoms. The molecule has 1 rings (SSSR count). The Hall–Kier alpha value is -1.51. The van der Waals surface area contributed by atoms with Gasteiger partial charge in [-0.1, -0.05) is 12.1 Å². The van der Waals surface area contributed by atoms with Gasteiger partial charge in [-0.2, -0.15) is 0 Å². The molecule has 0 aliphatic heterocycles. The van der Waals surface area contributed by atoms with Crippen molar-refractivity contribution in [1.29, 1.82) is 0 Å². The minimum atomic E-state index is -0.775. The molecule has 0 saturated carbocycles. The van der Waals surface area contributed by atoms with Crippen LogP contribution in [-0.4, -0.2) is 17.6 Å². The first kappa shape index (κ1) is 10.6. The Kier molecular flexibility index (Phi) is 3.51. The van der Waals surface area contributed by atoms with Gasteiger partial charge < -0.3 is 10.4 Å². The lowest BCUT2D eigenvalue weighted by Crippen LogP contribution is -2.08. The fourth-order valence-electron chi connectivity index (χ4n) is 1.25. The van der Waals surface area contributed by atoms with Gasteiger partial charge in [0.15, 0.2) is 0 Å². The van der Waals surface area contributed by atoms with E-state index in [2.05, 4.69) is 5.32 Å². The van der Waals surface area contributed by atoms with Crippen LogP contribution in [-0.2, 0) is 4.79 Å². The first-order chi connectivity index (χ1) is 6.61. The van der Waals surface area contributed by atoms with Gasteiger partial charge in [0.25, 0.3) is 0 Å². The summed E-state index contributed by atoms with van der Waals surface area (Å²) >= 11 is 0. The highest BCUT2D eigenvalue weighted by atomic mass is 16.4. The molecule has 0 atom stereocenters. The summed E-state index contributed by atoms with van der Waals surface area (Å²) in [6, 6.07) is 5.97. The Morgan fingerprint density at radius 3 is 2.79 bits per heavy atom. The lowest BCUT2D eigenvalue weighted by atomic mass is 10.1. The molecule has 0 radical (unpaired) electrons. The fraction of sp³-hybridized carbons (Fsp3) is 0.364. The van der Waals surface area contributed by atoms with E-state index in [9.17, 15) is 4.79 Å². The molecule has 1 aromatic rings. The summed E-state index contributed by atoms with van der Waals surface area (Å²) in [5.74, 6) is -0.775. The van der Waals surface area contributed by atoms with Crippen molar-refractivity contribution < 1.29 is 9.90 Å². The largest absolute Gasteiger partial charge is 0.481 e. The summed E-state index contributed by atoms with van der Waals surface area (Å²) in [5.41, 5.74) is 3.41. The standard InChI is InChI=1S/C11H15NO2/c1-8-4-3-5-10(9(8)2)12-7-6-11(13)14/h3-5,12H,6-7H2,1-2H3,(H,13,14). The van der Waals surface area contributed by atoms with Gasteiger partial charge >= 0.3 is 5.97 Å². The molecule has 0 spiro atoms. The summed E-state index contributed by atoms with van der Waals surface area (Å²) < 4.78 is 0. The van der Waals surface area contributed by atoms with Gasteiger partial charge in [0.2, 0.25) is 0 Å². The van der Waals surface area contributed by atoms with Crippen molar-refractivity contribution in [2.75, 3.05) is 11.9 Å². The first-order valence-corrected chi connectivity index (χ1v) is 4.63. The van der Waals surface area contributed by atoms with Crippen LogP contribution in [0.5, 0.6) is 0 Å². The van der Waals surface area contributed by atoms with Crippen LogP contribution < -0.4 is 5.32 Å². The van der Waals surface area contributed by atoms with E-state index in [4.69, 9.17) is 5.11 Å². The Labute approximate surface area is 83.8 Å². The molecule has 0 heterocycles. The number of hydrogen-bond acceptors (Lipinski definition) is 2. The zero-order valence-electron chi connectivity index (χ0n) is 8.50. The molecule has 0 aliphatic rings. The number of aliphatic carboxylic acids is 1. The summed E-state index contributed by atoms with van der Waals surface area (Å²) in [7, 11) is 0. The van der Waals surface area contributed by atoms with Crippen molar-refractivity contribution in [1.82, 2.24) is 0 Å². The average molecular weight is 193 g/mol. The molecule has 3 nitrogen and oxygen atoms in total. The molecule has 0 unspecified atom stereocenters. The number of anilines is 1. The lowest BCUT2D eigenvalue weighted by molar-refractivity contribution is -0.136. The summed E-state index contributed by atoms with van der Waals surface area (Å²) in [4.78, 5) is 10.3. The molecular formula is C11H15NO2. The van der Waals surface area contributed by atoms with E-state index in [0.717, 1.165) is 5.69 Å². The highest BCUT2D eigenvalue weighted by Crippen LogP contribution is 2.17. The van der Waals surface area contributed by atoms with Crippen molar-refractivity contribution in [3.63, 3.8) is 0 Å². The summed E-state index contributed by atoms with van der Waals surface area (Å²) in [6.07, 6.45) is 0.146. The quantitative estimate of drug-likeness (QED) is 0.770. The first-order valence-electron chi connectivity index (χ1n) is 4.63. The summed E-state index contributed by atoms with van der Waals surface area (Å²) in [6.45, 7) is 4.54. The van der Waals surface area contributed by atoms with Crippen LogP contribution >= 0.6 is 0 Å². The number of nitrogens with one attached hydrogen (secondary N) is 1. The van der Waals surface area contributed by atoms with Gasteiger partial charge in [0.1, 0.15) is 0 Å². The van der Waals surface area contributed by atoms with Gasteiger partial charge in [-0.15, -0.1) is 0 Å². The van der Waals surface area contributed by atoms with Crippen molar-refractivity contribution in [2.45, 2.75) is 20.3 Å². The van der Waals surface area contributed by atoms with Gasteiger partial charge in [0, 0.05) is 12.2 Å². The van der Waals surface area contributed by atoms with Crippen LogP contribution in [0, 0.1) is 13.8 Å². The third kappa shape index (κ3) is 2.76. The van der Waals surface area contributed by atoms with Crippen molar-refractivity contribution in [3.8, 4) is 0 Å². The highest BCUT2D eigenvalue weighted by molar-refractivity contribution is 5.67. The molecule has 0 aliphatic carbocycles. The second-order valence-corrected chi connectivity index (χ2v) is 3.32. The van der Waals surface area contributed by atoms with E-state index in [1.807, 2.05) is 32.0 Å². The lowest BCUT2D eigenvalue weighted by Gasteiger charge is -2.09. The zero-order chi connectivity index (χ0) is 10.6. The summed E-state index contributed by atoms with van der Waals surface area (Å²) in [5, 5.41) is 11.6. The van der Waals surface area contributed by atoms with E-state index < -0.39 is 5.97 Å². The average Bonchev–Trinajstić information content (AvgIpc) is 2.12. The van der Waals surface area contributed by atoms with Gasteiger partial charge in [-0.3, -0.25) is 4.79 Å². The Bertz CT molecular complexity index is 334. The zero-order valence-corrected chi connectivity index (χ0v) is 8.50. The minimum absolute atomic E-state index is 0.146. The molecule has 14 heavy (non-hydrogen) atoms. The second kappa shape index (κ2) is 4.65. The Morgan fingerprint density at radius 2 is 2.14 bits per heavy atom. The van der Waals surface area contributed by atoms with Crippen LogP contribution in [0.1, 0.15) is 17.5 Å². The van der Waals surface area contributed by atoms with E-state index in [-0.39, 0.29) is 6.42 Å². The molecule has 0 amide bonds. The molecule has 1 aromatic carbocycles. The van der Waals surface area contributed by atoms with Crippen LogP contribution in [0.15, 0.2) is 18.2 Å². The predicted octanol–water partition coefficient (Wildman–Crippen LogP) is 2.19. The Balaban J connectivity index is 2.59. The van der Waals surface area contributed by atoms with Gasteiger partial charge in [-0.25, -0.2) is 0 Å². The third-order valence-electron chi connectivity index (χ3n) is 2.26. The number of benzene rings is 1. The topological polar surface area (TPSA) is 49.3 Å². The molecule has 0 saturated heterocycles. The monoisotopic (exact) mass is 193 g/mol. The molecule has 76 valence electrons. The van der Waals surface area contributed by atoms with Crippen LogP contribution in [0.3, 0.4) is 0 Å². The van der Waals surface area contributed by atoms with E-state index in [1.54, 1.807) is 0 Å². The normalized spacial score (nSPS) is 9.86. The number of carbonyl (C=O) groups is 1. The maximum absolute atomic E-state index is 10.3. The van der Waals surface area contributed by atoms with E-state index >= 15 is 0 Å². The maximum Gasteiger partial charge on any atom is 0.305 e. The molecular weight excluding hydrogens is 178 g/mol. The van der Waals surface area contributed by atoms with Crippen molar-refractivity contribution in [3.05, 3.63) is 29.3 Å². The number of aryl methyl sites for hydroxylation is 1. The molecule has 0 aromatic heterocycles. The minimum Gasteiger partial charge on any atom is -0.481 e. The smallest absolute Gasteiger partial charge is 0.305 e. The number of rotatable bonds is 4. The second-order valence-electron chi connectivity index (χ2n) is 3.32. The maximum atomic E-state index is 10.3. The molecule has 3 heteroatoms. The highest BCUT2D eigenvalue weighted by Gasteiger charge is 2.00. The Morgan fingerprint density at radius 1 is 1.43 bits per heavy atom. The molecule has 0 fully saturated rings.